The van der Waals surface area contributed by atoms with E-state index in [4.69, 9.17) is 15.6 Å². The summed E-state index contributed by atoms with van der Waals surface area (Å²) < 4.78 is 4.97. The van der Waals surface area contributed by atoms with Gasteiger partial charge in [-0.05, 0) is 0 Å². The first-order valence-electron chi connectivity index (χ1n) is 4.39. The molecule has 2 rings (SSSR count). The van der Waals surface area contributed by atoms with E-state index >= 15 is 0 Å². The van der Waals surface area contributed by atoms with Crippen LogP contribution in [0, 0.1) is 0 Å². The molecule has 0 saturated carbocycles. The van der Waals surface area contributed by atoms with Gasteiger partial charge in [-0.25, -0.2) is 14.8 Å². The zero-order chi connectivity index (χ0) is 11.7. The van der Waals surface area contributed by atoms with Gasteiger partial charge in [0.1, 0.15) is 16.0 Å². The Labute approximate surface area is 94.7 Å². The summed E-state index contributed by atoms with van der Waals surface area (Å²) in [6.07, 6.45) is 1.37. The molecule has 0 aromatic carbocycles. The standard InChI is InChI=1S/C9H9N3O3S/c1-15-2-4-5-6(10)7(9(13)14)16-8(5)12-3-11-4/h3H,2,10H2,1H3,(H,13,14). The van der Waals surface area contributed by atoms with Gasteiger partial charge in [-0.2, -0.15) is 0 Å². The van der Waals surface area contributed by atoms with Crippen molar-refractivity contribution >= 4 is 33.2 Å². The normalized spacial score (nSPS) is 10.8. The van der Waals surface area contributed by atoms with Crippen LogP contribution in [0.3, 0.4) is 0 Å². The topological polar surface area (TPSA) is 98.3 Å². The van der Waals surface area contributed by atoms with Gasteiger partial charge in [0.25, 0.3) is 0 Å². The van der Waals surface area contributed by atoms with Crippen molar-refractivity contribution in [3.8, 4) is 0 Å². The van der Waals surface area contributed by atoms with E-state index in [2.05, 4.69) is 9.97 Å². The number of thiophene rings is 1. The highest BCUT2D eigenvalue weighted by molar-refractivity contribution is 7.21. The Hall–Kier alpha value is -1.73. The number of rotatable bonds is 3. The summed E-state index contributed by atoms with van der Waals surface area (Å²) in [4.78, 5) is 19.6. The van der Waals surface area contributed by atoms with Crippen molar-refractivity contribution in [3.05, 3.63) is 16.9 Å². The van der Waals surface area contributed by atoms with Gasteiger partial charge in [-0.3, -0.25) is 0 Å². The molecule has 3 N–H and O–H groups in total. The van der Waals surface area contributed by atoms with E-state index in [1.807, 2.05) is 0 Å². The monoisotopic (exact) mass is 239 g/mol. The molecule has 7 heteroatoms. The molecule has 0 aliphatic carbocycles. The van der Waals surface area contributed by atoms with E-state index in [1.165, 1.54) is 13.4 Å². The van der Waals surface area contributed by atoms with Gasteiger partial charge in [0.15, 0.2) is 0 Å². The molecular weight excluding hydrogens is 230 g/mol. The highest BCUT2D eigenvalue weighted by Gasteiger charge is 2.19. The maximum Gasteiger partial charge on any atom is 0.348 e. The van der Waals surface area contributed by atoms with Crippen molar-refractivity contribution < 1.29 is 14.6 Å². The second-order valence-electron chi connectivity index (χ2n) is 3.08. The number of aromatic carboxylic acids is 1. The largest absolute Gasteiger partial charge is 0.477 e. The second kappa shape index (κ2) is 4.03. The lowest BCUT2D eigenvalue weighted by Gasteiger charge is -2.00. The molecule has 0 amide bonds. The maximum absolute atomic E-state index is 10.9. The summed E-state index contributed by atoms with van der Waals surface area (Å²) in [5, 5.41) is 9.51. The van der Waals surface area contributed by atoms with Gasteiger partial charge < -0.3 is 15.6 Å². The Bertz CT molecular complexity index is 552. The Balaban J connectivity index is 2.71. The first-order valence-corrected chi connectivity index (χ1v) is 5.21. The molecule has 0 bridgehead atoms. The van der Waals surface area contributed by atoms with Crippen molar-refractivity contribution in [1.82, 2.24) is 9.97 Å². The number of methoxy groups -OCH3 is 1. The third-order valence-corrected chi connectivity index (χ3v) is 3.18. The Morgan fingerprint density at radius 3 is 3.00 bits per heavy atom. The van der Waals surface area contributed by atoms with Crippen LogP contribution < -0.4 is 5.73 Å². The number of hydrogen-bond acceptors (Lipinski definition) is 6. The lowest BCUT2D eigenvalue weighted by Crippen LogP contribution is -1.99. The summed E-state index contributed by atoms with van der Waals surface area (Å²) in [5.74, 6) is -1.05. The Morgan fingerprint density at radius 2 is 2.38 bits per heavy atom. The molecule has 2 heterocycles. The molecule has 84 valence electrons. The number of anilines is 1. The van der Waals surface area contributed by atoms with Crippen molar-refractivity contribution in [2.75, 3.05) is 12.8 Å². The second-order valence-corrected chi connectivity index (χ2v) is 4.08. The molecule has 16 heavy (non-hydrogen) atoms. The predicted octanol–water partition coefficient (Wildman–Crippen LogP) is 1.12. The number of nitrogen functional groups attached to an aromatic ring is 1. The average Bonchev–Trinajstić information content (AvgIpc) is 2.58. The molecule has 0 saturated heterocycles. The summed E-state index contributed by atoms with van der Waals surface area (Å²) in [7, 11) is 1.54. The number of fused-ring (bicyclic) bond motifs is 1. The zero-order valence-electron chi connectivity index (χ0n) is 8.43. The van der Waals surface area contributed by atoms with E-state index < -0.39 is 5.97 Å². The molecule has 2 aromatic rings. The third kappa shape index (κ3) is 1.59. The van der Waals surface area contributed by atoms with Gasteiger partial charge in [-0.1, -0.05) is 0 Å². The average molecular weight is 239 g/mol. The lowest BCUT2D eigenvalue weighted by atomic mass is 10.2. The molecular formula is C9H9N3O3S. The van der Waals surface area contributed by atoms with Crippen LogP contribution in [0.4, 0.5) is 5.69 Å². The number of carboxylic acid groups (broad SMARTS) is 1. The van der Waals surface area contributed by atoms with Crippen LogP contribution >= 0.6 is 11.3 Å². The minimum absolute atomic E-state index is 0.0906. The van der Waals surface area contributed by atoms with E-state index in [-0.39, 0.29) is 17.2 Å². The van der Waals surface area contributed by atoms with Gasteiger partial charge in [0.05, 0.1) is 23.4 Å². The number of ether oxygens (including phenoxy) is 1. The van der Waals surface area contributed by atoms with Crippen molar-refractivity contribution in [3.63, 3.8) is 0 Å². The third-order valence-electron chi connectivity index (χ3n) is 2.08. The van der Waals surface area contributed by atoms with Crippen LogP contribution in [0.5, 0.6) is 0 Å². The maximum atomic E-state index is 10.9. The number of nitrogens with two attached hydrogens (primary N) is 1. The van der Waals surface area contributed by atoms with Gasteiger partial charge in [0.2, 0.25) is 0 Å². The molecule has 2 aromatic heterocycles. The van der Waals surface area contributed by atoms with Crippen molar-refractivity contribution in [2.45, 2.75) is 6.61 Å². The Kier molecular flexibility index (Phi) is 2.71. The summed E-state index contributed by atoms with van der Waals surface area (Å²) in [6, 6.07) is 0. The van der Waals surface area contributed by atoms with E-state index in [9.17, 15) is 4.79 Å². The fraction of sp³-hybridized carbons (Fsp3) is 0.222. The van der Waals surface area contributed by atoms with Crippen LogP contribution in [0.2, 0.25) is 0 Å². The molecule has 0 aliphatic rings. The lowest BCUT2D eigenvalue weighted by molar-refractivity contribution is 0.0703. The smallest absolute Gasteiger partial charge is 0.348 e. The molecule has 0 radical (unpaired) electrons. The SMILES string of the molecule is COCc1ncnc2sc(C(=O)O)c(N)c12. The van der Waals surface area contributed by atoms with Crippen LogP contribution in [-0.2, 0) is 11.3 Å². The van der Waals surface area contributed by atoms with Gasteiger partial charge in [-0.15, -0.1) is 11.3 Å². The summed E-state index contributed by atoms with van der Waals surface area (Å²) in [5.41, 5.74) is 6.58. The van der Waals surface area contributed by atoms with E-state index in [0.29, 0.717) is 15.9 Å². The fourth-order valence-electron chi connectivity index (χ4n) is 1.42. The molecule has 6 nitrogen and oxygen atoms in total. The Morgan fingerprint density at radius 1 is 1.62 bits per heavy atom. The summed E-state index contributed by atoms with van der Waals surface area (Å²) >= 11 is 1.04. The molecule has 0 spiro atoms. The van der Waals surface area contributed by atoms with Crippen molar-refractivity contribution in [2.24, 2.45) is 0 Å². The molecule has 0 aliphatic heterocycles. The van der Waals surface area contributed by atoms with Crippen molar-refractivity contribution in [1.29, 1.82) is 0 Å². The number of hydrogen-bond donors (Lipinski definition) is 2. The summed E-state index contributed by atoms with van der Waals surface area (Å²) in [6.45, 7) is 0.277. The number of carbonyl (C=O) groups is 1. The molecule has 0 fully saturated rings. The zero-order valence-corrected chi connectivity index (χ0v) is 9.24. The first-order chi connectivity index (χ1) is 7.65. The van der Waals surface area contributed by atoms with E-state index in [1.54, 1.807) is 0 Å². The van der Waals surface area contributed by atoms with Crippen LogP contribution in [0.15, 0.2) is 6.33 Å². The van der Waals surface area contributed by atoms with Crippen LogP contribution in [0.25, 0.3) is 10.2 Å². The number of nitrogens with zero attached hydrogens (tertiary/aromatic N) is 2. The number of aromatic nitrogens is 2. The van der Waals surface area contributed by atoms with Crippen LogP contribution in [-0.4, -0.2) is 28.2 Å². The predicted molar refractivity (Wildman–Crippen MR) is 59.5 cm³/mol. The highest BCUT2D eigenvalue weighted by atomic mass is 32.1. The molecule has 0 unspecified atom stereocenters. The minimum Gasteiger partial charge on any atom is -0.477 e. The highest BCUT2D eigenvalue weighted by Crippen LogP contribution is 2.33. The fourth-order valence-corrected chi connectivity index (χ4v) is 2.34. The van der Waals surface area contributed by atoms with E-state index in [0.717, 1.165) is 11.3 Å². The quantitative estimate of drug-likeness (QED) is 0.832. The van der Waals surface area contributed by atoms with Gasteiger partial charge >= 0.3 is 5.97 Å². The molecule has 0 atom stereocenters. The minimum atomic E-state index is -1.05. The number of carboxylic acids is 1. The van der Waals surface area contributed by atoms with Gasteiger partial charge in [0, 0.05) is 7.11 Å². The van der Waals surface area contributed by atoms with Crippen LogP contribution in [0.1, 0.15) is 15.4 Å². The first kappa shape index (κ1) is 10.8.